The third kappa shape index (κ3) is 11.4. The number of unbranched alkanes of at least 4 members (excludes halogenated alkanes) is 5. The third-order valence-electron chi connectivity index (χ3n) is 2.16. The summed E-state index contributed by atoms with van der Waals surface area (Å²) >= 11 is 0. The second kappa shape index (κ2) is 9.97. The smallest absolute Gasteiger partial charge is 0.306 e. The predicted molar refractivity (Wildman–Crippen MR) is 60.6 cm³/mol. The Labute approximate surface area is 92.8 Å². The molecule has 0 atom stereocenters. The lowest BCUT2D eigenvalue weighted by Gasteiger charge is -2.07. The standard InChI is InChI=1S/C12H24O3/c1-11(2)15-12(14)9-7-5-3-4-6-8-10-13/h11,13H,3-10H2,1-2H3. The first kappa shape index (κ1) is 14.4. The highest BCUT2D eigenvalue weighted by molar-refractivity contribution is 5.69. The first-order chi connectivity index (χ1) is 7.16. The second-order valence-corrected chi connectivity index (χ2v) is 4.13. The van der Waals surface area contributed by atoms with Gasteiger partial charge in [0.2, 0.25) is 0 Å². The van der Waals surface area contributed by atoms with Crippen molar-refractivity contribution in [2.45, 2.75) is 64.9 Å². The normalized spacial score (nSPS) is 10.7. The summed E-state index contributed by atoms with van der Waals surface area (Å²) in [5, 5.41) is 8.56. The molecule has 0 aliphatic heterocycles. The monoisotopic (exact) mass is 216 g/mol. The van der Waals surface area contributed by atoms with E-state index in [4.69, 9.17) is 9.84 Å². The van der Waals surface area contributed by atoms with Crippen molar-refractivity contribution < 1.29 is 14.6 Å². The van der Waals surface area contributed by atoms with E-state index in [1.807, 2.05) is 13.8 Å². The van der Waals surface area contributed by atoms with Gasteiger partial charge in [0.15, 0.2) is 0 Å². The van der Waals surface area contributed by atoms with Gasteiger partial charge in [0.1, 0.15) is 0 Å². The van der Waals surface area contributed by atoms with Crippen molar-refractivity contribution in [2.75, 3.05) is 6.61 Å². The Morgan fingerprint density at radius 2 is 1.60 bits per heavy atom. The minimum atomic E-state index is -0.0830. The van der Waals surface area contributed by atoms with E-state index in [9.17, 15) is 4.79 Å². The Bertz CT molecular complexity index is 155. The first-order valence-electron chi connectivity index (χ1n) is 5.97. The molecular weight excluding hydrogens is 192 g/mol. The number of aliphatic hydroxyl groups is 1. The van der Waals surface area contributed by atoms with Crippen LogP contribution in [0.4, 0.5) is 0 Å². The summed E-state index contributed by atoms with van der Waals surface area (Å²) in [5.74, 6) is -0.0830. The van der Waals surface area contributed by atoms with Crippen molar-refractivity contribution in [3.05, 3.63) is 0 Å². The zero-order chi connectivity index (χ0) is 11.5. The van der Waals surface area contributed by atoms with Crippen LogP contribution in [0, 0.1) is 0 Å². The molecule has 0 amide bonds. The molecule has 1 N–H and O–H groups in total. The average Bonchev–Trinajstić information content (AvgIpc) is 2.15. The molecule has 0 aromatic rings. The largest absolute Gasteiger partial charge is 0.463 e. The quantitative estimate of drug-likeness (QED) is 0.476. The molecule has 0 fully saturated rings. The molecule has 0 aliphatic carbocycles. The maximum atomic E-state index is 11.1. The van der Waals surface area contributed by atoms with Crippen LogP contribution in [0.1, 0.15) is 58.8 Å². The zero-order valence-electron chi connectivity index (χ0n) is 10.00. The van der Waals surface area contributed by atoms with Crippen molar-refractivity contribution >= 4 is 5.97 Å². The SMILES string of the molecule is CC(C)OC(=O)CCCCCCCCO. The molecule has 90 valence electrons. The molecule has 15 heavy (non-hydrogen) atoms. The van der Waals surface area contributed by atoms with E-state index in [0.717, 1.165) is 38.5 Å². The molecule has 0 aliphatic rings. The highest BCUT2D eigenvalue weighted by atomic mass is 16.5. The van der Waals surface area contributed by atoms with Gasteiger partial charge < -0.3 is 9.84 Å². The topological polar surface area (TPSA) is 46.5 Å². The van der Waals surface area contributed by atoms with Crippen molar-refractivity contribution in [2.24, 2.45) is 0 Å². The molecule has 0 unspecified atom stereocenters. The molecule has 0 saturated heterocycles. The Kier molecular flexibility index (Phi) is 9.59. The molecule has 0 radical (unpaired) electrons. The number of aliphatic hydroxyl groups excluding tert-OH is 1. The van der Waals surface area contributed by atoms with Gasteiger partial charge in [0.25, 0.3) is 0 Å². The Morgan fingerprint density at radius 3 is 2.13 bits per heavy atom. The van der Waals surface area contributed by atoms with Crippen LogP contribution < -0.4 is 0 Å². The van der Waals surface area contributed by atoms with Gasteiger partial charge in [-0.15, -0.1) is 0 Å². The summed E-state index contributed by atoms with van der Waals surface area (Å²) in [5.41, 5.74) is 0. The number of hydrogen-bond donors (Lipinski definition) is 1. The van der Waals surface area contributed by atoms with E-state index in [2.05, 4.69) is 0 Å². The van der Waals surface area contributed by atoms with Crippen LogP contribution >= 0.6 is 0 Å². The van der Waals surface area contributed by atoms with E-state index in [1.54, 1.807) is 0 Å². The lowest BCUT2D eigenvalue weighted by Crippen LogP contribution is -2.10. The van der Waals surface area contributed by atoms with Crippen LogP contribution in [0.2, 0.25) is 0 Å². The van der Waals surface area contributed by atoms with Gasteiger partial charge in [-0.05, 0) is 26.7 Å². The van der Waals surface area contributed by atoms with Gasteiger partial charge in [0, 0.05) is 13.0 Å². The van der Waals surface area contributed by atoms with Crippen LogP contribution in [0.25, 0.3) is 0 Å². The minimum absolute atomic E-state index is 0.00190. The average molecular weight is 216 g/mol. The van der Waals surface area contributed by atoms with Crippen molar-refractivity contribution in [3.8, 4) is 0 Å². The number of esters is 1. The Hall–Kier alpha value is -0.570. The maximum Gasteiger partial charge on any atom is 0.306 e. The highest BCUT2D eigenvalue weighted by Crippen LogP contribution is 2.07. The van der Waals surface area contributed by atoms with Crippen molar-refractivity contribution in [3.63, 3.8) is 0 Å². The lowest BCUT2D eigenvalue weighted by atomic mass is 10.1. The number of carbonyl (C=O) groups is 1. The summed E-state index contributed by atoms with van der Waals surface area (Å²) in [7, 11) is 0. The van der Waals surface area contributed by atoms with E-state index in [-0.39, 0.29) is 12.1 Å². The van der Waals surface area contributed by atoms with Crippen LogP contribution in [0.5, 0.6) is 0 Å². The third-order valence-corrected chi connectivity index (χ3v) is 2.16. The zero-order valence-corrected chi connectivity index (χ0v) is 10.00. The molecule has 0 rings (SSSR count). The fourth-order valence-corrected chi connectivity index (χ4v) is 1.41. The second-order valence-electron chi connectivity index (χ2n) is 4.13. The molecule has 3 heteroatoms. The summed E-state index contributed by atoms with van der Waals surface area (Å²) in [6.45, 7) is 4.03. The summed E-state index contributed by atoms with van der Waals surface area (Å²) < 4.78 is 5.02. The predicted octanol–water partition coefficient (Wildman–Crippen LogP) is 2.66. The van der Waals surface area contributed by atoms with Crippen LogP contribution in [0.15, 0.2) is 0 Å². The molecule has 0 heterocycles. The lowest BCUT2D eigenvalue weighted by molar-refractivity contribution is -0.147. The Morgan fingerprint density at radius 1 is 1.07 bits per heavy atom. The molecule has 0 bridgehead atoms. The maximum absolute atomic E-state index is 11.1. The molecular formula is C12H24O3. The van der Waals surface area contributed by atoms with Gasteiger partial charge in [-0.3, -0.25) is 4.79 Å². The highest BCUT2D eigenvalue weighted by Gasteiger charge is 2.04. The number of hydrogen-bond acceptors (Lipinski definition) is 3. The van der Waals surface area contributed by atoms with Crippen LogP contribution in [0.3, 0.4) is 0 Å². The van der Waals surface area contributed by atoms with Gasteiger partial charge in [-0.25, -0.2) is 0 Å². The molecule has 3 nitrogen and oxygen atoms in total. The fraction of sp³-hybridized carbons (Fsp3) is 0.917. The van der Waals surface area contributed by atoms with Crippen molar-refractivity contribution in [1.29, 1.82) is 0 Å². The minimum Gasteiger partial charge on any atom is -0.463 e. The molecule has 0 spiro atoms. The van der Waals surface area contributed by atoms with E-state index < -0.39 is 0 Å². The summed E-state index contributed by atoms with van der Waals surface area (Å²) in [6, 6.07) is 0. The van der Waals surface area contributed by atoms with E-state index in [1.165, 1.54) is 0 Å². The molecule has 0 aromatic carbocycles. The number of ether oxygens (including phenoxy) is 1. The molecule has 0 saturated carbocycles. The number of carbonyl (C=O) groups excluding carboxylic acids is 1. The van der Waals surface area contributed by atoms with Gasteiger partial charge in [0.05, 0.1) is 6.10 Å². The van der Waals surface area contributed by atoms with E-state index >= 15 is 0 Å². The van der Waals surface area contributed by atoms with Gasteiger partial charge in [-0.1, -0.05) is 25.7 Å². The number of rotatable bonds is 9. The molecule has 0 aromatic heterocycles. The first-order valence-corrected chi connectivity index (χ1v) is 5.97. The van der Waals surface area contributed by atoms with E-state index in [0.29, 0.717) is 13.0 Å². The summed E-state index contributed by atoms with van der Waals surface area (Å²) in [4.78, 5) is 11.1. The van der Waals surface area contributed by atoms with Crippen molar-refractivity contribution in [1.82, 2.24) is 0 Å². The Balaban J connectivity index is 3.13. The van der Waals surface area contributed by atoms with Crippen LogP contribution in [-0.2, 0) is 9.53 Å². The van der Waals surface area contributed by atoms with Gasteiger partial charge >= 0.3 is 5.97 Å². The van der Waals surface area contributed by atoms with Gasteiger partial charge in [-0.2, -0.15) is 0 Å². The van der Waals surface area contributed by atoms with Crippen LogP contribution in [-0.4, -0.2) is 23.8 Å². The summed E-state index contributed by atoms with van der Waals surface area (Å²) in [6.07, 6.45) is 6.83. The fourth-order valence-electron chi connectivity index (χ4n) is 1.41.